The van der Waals surface area contributed by atoms with Crippen LogP contribution in [0.2, 0.25) is 0 Å². The maximum absolute atomic E-state index is 11.4. The predicted molar refractivity (Wildman–Crippen MR) is 55.4 cm³/mol. The molecule has 0 spiro atoms. The fourth-order valence-electron chi connectivity index (χ4n) is 1.25. The molecule has 0 heterocycles. The van der Waals surface area contributed by atoms with Crippen LogP contribution in [0.3, 0.4) is 0 Å². The summed E-state index contributed by atoms with van der Waals surface area (Å²) in [5.41, 5.74) is 8.80. The van der Waals surface area contributed by atoms with Crippen molar-refractivity contribution >= 4 is 23.1 Å². The van der Waals surface area contributed by atoms with Crippen LogP contribution in [0.25, 0.3) is 0 Å². The third kappa shape index (κ3) is 2.01. The third-order valence-electron chi connectivity index (χ3n) is 2.01. The number of hydrogen-bond acceptors (Lipinski definition) is 2. The molecule has 70 valence electrons. The molecule has 0 aliphatic rings. The first kappa shape index (κ1) is 10.1. The minimum atomic E-state index is -0.0745. The molecule has 0 bridgehead atoms. The zero-order valence-electron chi connectivity index (χ0n) is 7.73. The van der Waals surface area contributed by atoms with Gasteiger partial charge in [-0.1, -0.05) is 0 Å². The molecule has 0 fully saturated rings. The quantitative estimate of drug-likeness (QED) is 0.449. The standard InChI is InChI=1S/C10H12ClNO/c1-6-3-8(10(13)5-11)7(2)9(12)4-6/h3-4H,5,12H2,1-2H3. The number of benzene rings is 1. The zero-order chi connectivity index (χ0) is 10.0. The van der Waals surface area contributed by atoms with E-state index in [4.69, 9.17) is 17.3 Å². The lowest BCUT2D eigenvalue weighted by molar-refractivity contribution is 0.102. The number of hydrogen-bond donors (Lipinski definition) is 1. The first-order valence-corrected chi connectivity index (χ1v) is 4.55. The SMILES string of the molecule is Cc1cc(N)c(C)c(C(=O)CCl)c1. The second kappa shape index (κ2) is 3.79. The van der Waals surface area contributed by atoms with Gasteiger partial charge in [-0.3, -0.25) is 4.79 Å². The van der Waals surface area contributed by atoms with E-state index in [1.54, 1.807) is 0 Å². The topological polar surface area (TPSA) is 43.1 Å². The van der Waals surface area contributed by atoms with E-state index in [2.05, 4.69) is 0 Å². The van der Waals surface area contributed by atoms with Crippen molar-refractivity contribution in [1.29, 1.82) is 0 Å². The van der Waals surface area contributed by atoms with Crippen molar-refractivity contribution in [3.05, 3.63) is 28.8 Å². The van der Waals surface area contributed by atoms with Crippen LogP contribution in [-0.4, -0.2) is 11.7 Å². The Hall–Kier alpha value is -1.02. The van der Waals surface area contributed by atoms with Gasteiger partial charge in [0, 0.05) is 11.3 Å². The number of carbonyl (C=O) groups is 1. The van der Waals surface area contributed by atoms with Crippen molar-refractivity contribution in [2.45, 2.75) is 13.8 Å². The van der Waals surface area contributed by atoms with E-state index in [1.807, 2.05) is 26.0 Å². The monoisotopic (exact) mass is 197 g/mol. The van der Waals surface area contributed by atoms with E-state index in [9.17, 15) is 4.79 Å². The van der Waals surface area contributed by atoms with Crippen LogP contribution in [0.15, 0.2) is 12.1 Å². The molecule has 0 aliphatic carbocycles. The molecule has 13 heavy (non-hydrogen) atoms. The summed E-state index contributed by atoms with van der Waals surface area (Å²) in [6.07, 6.45) is 0. The second-order valence-electron chi connectivity index (χ2n) is 3.08. The largest absolute Gasteiger partial charge is 0.398 e. The number of anilines is 1. The minimum absolute atomic E-state index is 0.00370. The highest BCUT2D eigenvalue weighted by molar-refractivity contribution is 6.30. The van der Waals surface area contributed by atoms with Crippen LogP contribution in [-0.2, 0) is 0 Å². The van der Waals surface area contributed by atoms with E-state index in [1.165, 1.54) is 0 Å². The van der Waals surface area contributed by atoms with E-state index >= 15 is 0 Å². The molecule has 1 aromatic carbocycles. The fraction of sp³-hybridized carbons (Fsp3) is 0.300. The summed E-state index contributed by atoms with van der Waals surface area (Å²) in [5.74, 6) is -0.0708. The van der Waals surface area contributed by atoms with Crippen LogP contribution in [0.5, 0.6) is 0 Å². The summed E-state index contributed by atoms with van der Waals surface area (Å²) < 4.78 is 0. The lowest BCUT2D eigenvalue weighted by atomic mass is 10.0. The van der Waals surface area contributed by atoms with Gasteiger partial charge in [0.1, 0.15) is 0 Å². The summed E-state index contributed by atoms with van der Waals surface area (Å²) in [7, 11) is 0. The maximum atomic E-state index is 11.4. The average molecular weight is 198 g/mol. The number of nitrogen functional groups attached to an aromatic ring is 1. The molecular formula is C10H12ClNO. The third-order valence-corrected chi connectivity index (χ3v) is 2.26. The lowest BCUT2D eigenvalue weighted by Gasteiger charge is -2.07. The van der Waals surface area contributed by atoms with E-state index < -0.39 is 0 Å². The van der Waals surface area contributed by atoms with E-state index in [-0.39, 0.29) is 11.7 Å². The van der Waals surface area contributed by atoms with Gasteiger partial charge in [-0.15, -0.1) is 11.6 Å². The smallest absolute Gasteiger partial charge is 0.177 e. The molecule has 2 nitrogen and oxygen atoms in total. The Labute approximate surface area is 82.7 Å². The number of rotatable bonds is 2. The molecular weight excluding hydrogens is 186 g/mol. The maximum Gasteiger partial charge on any atom is 0.177 e. The van der Waals surface area contributed by atoms with Gasteiger partial charge in [0.05, 0.1) is 5.88 Å². The van der Waals surface area contributed by atoms with Crippen LogP contribution < -0.4 is 5.73 Å². The predicted octanol–water partition coefficient (Wildman–Crippen LogP) is 2.31. The van der Waals surface area contributed by atoms with Crippen LogP contribution in [0, 0.1) is 13.8 Å². The molecule has 1 aromatic rings. The molecule has 0 atom stereocenters. The molecule has 1 rings (SSSR count). The van der Waals surface area contributed by atoms with Crippen molar-refractivity contribution in [1.82, 2.24) is 0 Å². The fourth-order valence-corrected chi connectivity index (χ4v) is 1.39. The van der Waals surface area contributed by atoms with Crippen molar-refractivity contribution in [2.24, 2.45) is 0 Å². The van der Waals surface area contributed by atoms with Crippen LogP contribution in [0.4, 0.5) is 5.69 Å². The molecule has 0 amide bonds. The summed E-state index contributed by atoms with van der Waals surface area (Å²) in [4.78, 5) is 11.4. The average Bonchev–Trinajstić information content (AvgIpc) is 2.10. The number of alkyl halides is 1. The molecule has 0 saturated heterocycles. The highest BCUT2D eigenvalue weighted by Crippen LogP contribution is 2.19. The van der Waals surface area contributed by atoms with Crippen LogP contribution >= 0.6 is 11.6 Å². The first-order chi connectivity index (χ1) is 6.06. The van der Waals surface area contributed by atoms with Gasteiger partial charge < -0.3 is 5.73 Å². The molecule has 0 aromatic heterocycles. The number of halogens is 1. The Morgan fingerprint density at radius 1 is 1.46 bits per heavy atom. The zero-order valence-corrected chi connectivity index (χ0v) is 8.48. The van der Waals surface area contributed by atoms with Crippen LogP contribution in [0.1, 0.15) is 21.5 Å². The highest BCUT2D eigenvalue weighted by Gasteiger charge is 2.10. The van der Waals surface area contributed by atoms with Crippen molar-refractivity contribution in [3.63, 3.8) is 0 Å². The number of ketones is 1. The number of nitrogens with two attached hydrogens (primary N) is 1. The van der Waals surface area contributed by atoms with Crippen molar-refractivity contribution in [3.8, 4) is 0 Å². The molecule has 0 aliphatic heterocycles. The molecule has 0 saturated carbocycles. The van der Waals surface area contributed by atoms with Gasteiger partial charge in [0.2, 0.25) is 0 Å². The summed E-state index contributed by atoms with van der Waals surface area (Å²) in [6, 6.07) is 3.66. The molecule has 2 N–H and O–H groups in total. The Kier molecular flexibility index (Phi) is 2.94. The Balaban J connectivity index is 3.28. The summed E-state index contributed by atoms with van der Waals surface area (Å²) in [5, 5.41) is 0. The van der Waals surface area contributed by atoms with Crippen molar-refractivity contribution < 1.29 is 4.79 Å². The first-order valence-electron chi connectivity index (χ1n) is 4.02. The number of Topliss-reactive ketones (excluding diaryl/α,β-unsaturated/α-hetero) is 1. The Morgan fingerprint density at radius 2 is 2.08 bits per heavy atom. The van der Waals surface area contributed by atoms with Gasteiger partial charge >= 0.3 is 0 Å². The number of carbonyl (C=O) groups excluding carboxylic acids is 1. The van der Waals surface area contributed by atoms with Gasteiger partial charge in [-0.25, -0.2) is 0 Å². The molecule has 0 unspecified atom stereocenters. The summed E-state index contributed by atoms with van der Waals surface area (Å²) >= 11 is 5.47. The Morgan fingerprint density at radius 3 is 2.62 bits per heavy atom. The van der Waals surface area contributed by atoms with Gasteiger partial charge in [0.25, 0.3) is 0 Å². The normalized spacial score (nSPS) is 10.1. The van der Waals surface area contributed by atoms with Gasteiger partial charge in [-0.05, 0) is 37.1 Å². The lowest BCUT2D eigenvalue weighted by Crippen LogP contribution is -2.05. The van der Waals surface area contributed by atoms with Crippen molar-refractivity contribution in [2.75, 3.05) is 11.6 Å². The molecule has 0 radical (unpaired) electrons. The highest BCUT2D eigenvalue weighted by atomic mass is 35.5. The van der Waals surface area contributed by atoms with Gasteiger partial charge in [-0.2, -0.15) is 0 Å². The minimum Gasteiger partial charge on any atom is -0.398 e. The molecule has 3 heteroatoms. The van der Waals surface area contributed by atoms with E-state index in [0.717, 1.165) is 11.1 Å². The Bertz CT molecular complexity index is 347. The van der Waals surface area contributed by atoms with Gasteiger partial charge in [0.15, 0.2) is 5.78 Å². The van der Waals surface area contributed by atoms with E-state index in [0.29, 0.717) is 11.3 Å². The second-order valence-corrected chi connectivity index (χ2v) is 3.35. The number of aryl methyl sites for hydroxylation is 1. The summed E-state index contributed by atoms with van der Waals surface area (Å²) in [6.45, 7) is 3.73.